The third-order valence-corrected chi connectivity index (χ3v) is 3.18. The van der Waals surface area contributed by atoms with Crippen molar-refractivity contribution in [2.45, 2.75) is 52.1 Å². The second kappa shape index (κ2) is 4.80. The number of rotatable bonds is 4. The quantitative estimate of drug-likeness (QED) is 0.795. The third-order valence-electron chi connectivity index (χ3n) is 3.18. The van der Waals surface area contributed by atoms with Gasteiger partial charge in [-0.05, 0) is 12.5 Å². The van der Waals surface area contributed by atoms with E-state index < -0.39 is 0 Å². The summed E-state index contributed by atoms with van der Waals surface area (Å²) >= 11 is 0. The monoisotopic (exact) mass is 205 g/mol. The van der Waals surface area contributed by atoms with Crippen molar-refractivity contribution in [3.63, 3.8) is 0 Å². The SMILES string of the molecule is CC(C)NC(C)C(C)(C)c1ccccc1. The van der Waals surface area contributed by atoms with Crippen LogP contribution < -0.4 is 5.32 Å². The largest absolute Gasteiger partial charge is 0.311 e. The van der Waals surface area contributed by atoms with Crippen LogP contribution in [0.4, 0.5) is 0 Å². The molecule has 1 aromatic carbocycles. The highest BCUT2D eigenvalue weighted by atomic mass is 14.9. The molecule has 0 aromatic heterocycles. The Morgan fingerprint density at radius 1 is 1.00 bits per heavy atom. The second-order valence-electron chi connectivity index (χ2n) is 5.13. The van der Waals surface area contributed by atoms with Gasteiger partial charge in [-0.3, -0.25) is 0 Å². The summed E-state index contributed by atoms with van der Waals surface area (Å²) in [6.45, 7) is 11.2. The summed E-state index contributed by atoms with van der Waals surface area (Å²) in [5.74, 6) is 0. The normalized spacial score (nSPS) is 14.3. The molecular weight excluding hydrogens is 182 g/mol. The van der Waals surface area contributed by atoms with Crippen molar-refractivity contribution in [3.8, 4) is 0 Å². The van der Waals surface area contributed by atoms with Crippen molar-refractivity contribution in [1.29, 1.82) is 0 Å². The highest BCUT2D eigenvalue weighted by molar-refractivity contribution is 5.25. The minimum absolute atomic E-state index is 0.172. The fourth-order valence-electron chi connectivity index (χ4n) is 1.83. The van der Waals surface area contributed by atoms with Crippen molar-refractivity contribution >= 4 is 0 Å². The molecule has 1 heteroatoms. The lowest BCUT2D eigenvalue weighted by Crippen LogP contribution is -2.45. The van der Waals surface area contributed by atoms with Crippen molar-refractivity contribution in [1.82, 2.24) is 5.32 Å². The summed E-state index contributed by atoms with van der Waals surface area (Å²) in [5, 5.41) is 3.58. The Balaban J connectivity index is 2.82. The smallest absolute Gasteiger partial charge is 0.0133 e. The van der Waals surface area contributed by atoms with Crippen LogP contribution in [0.25, 0.3) is 0 Å². The standard InChI is InChI=1S/C14H23N/c1-11(2)15-12(3)14(4,5)13-9-7-6-8-10-13/h6-12,15H,1-5H3. The van der Waals surface area contributed by atoms with Crippen LogP contribution in [-0.2, 0) is 5.41 Å². The minimum atomic E-state index is 0.172. The van der Waals surface area contributed by atoms with Gasteiger partial charge in [0.05, 0.1) is 0 Å². The van der Waals surface area contributed by atoms with Crippen LogP contribution >= 0.6 is 0 Å². The molecule has 0 fully saturated rings. The van der Waals surface area contributed by atoms with E-state index in [2.05, 4.69) is 70.3 Å². The summed E-state index contributed by atoms with van der Waals surface area (Å²) in [6, 6.07) is 11.7. The van der Waals surface area contributed by atoms with Gasteiger partial charge in [0.2, 0.25) is 0 Å². The molecule has 0 aliphatic carbocycles. The van der Waals surface area contributed by atoms with E-state index in [9.17, 15) is 0 Å². The lowest BCUT2D eigenvalue weighted by atomic mass is 9.78. The molecule has 1 N–H and O–H groups in total. The van der Waals surface area contributed by atoms with E-state index in [4.69, 9.17) is 0 Å². The maximum absolute atomic E-state index is 3.58. The summed E-state index contributed by atoms with van der Waals surface area (Å²) in [7, 11) is 0. The first-order valence-corrected chi connectivity index (χ1v) is 5.76. The van der Waals surface area contributed by atoms with Crippen LogP contribution in [0, 0.1) is 0 Å². The van der Waals surface area contributed by atoms with Gasteiger partial charge in [-0.25, -0.2) is 0 Å². The summed E-state index contributed by atoms with van der Waals surface area (Å²) in [6.07, 6.45) is 0. The van der Waals surface area contributed by atoms with Gasteiger partial charge in [-0.2, -0.15) is 0 Å². The van der Waals surface area contributed by atoms with Crippen LogP contribution in [-0.4, -0.2) is 12.1 Å². The lowest BCUT2D eigenvalue weighted by Gasteiger charge is -2.34. The number of hydrogen-bond acceptors (Lipinski definition) is 1. The van der Waals surface area contributed by atoms with Gasteiger partial charge >= 0.3 is 0 Å². The zero-order valence-corrected chi connectivity index (χ0v) is 10.5. The van der Waals surface area contributed by atoms with Crippen LogP contribution in [0.1, 0.15) is 40.2 Å². The predicted octanol–water partition coefficient (Wildman–Crippen LogP) is 3.35. The van der Waals surface area contributed by atoms with E-state index >= 15 is 0 Å². The Labute approximate surface area is 93.9 Å². The van der Waals surface area contributed by atoms with Crippen LogP contribution in [0.3, 0.4) is 0 Å². The van der Waals surface area contributed by atoms with E-state index in [0.717, 1.165) is 0 Å². The molecule has 0 heterocycles. The van der Waals surface area contributed by atoms with Gasteiger partial charge in [0.25, 0.3) is 0 Å². The molecule has 0 radical (unpaired) electrons. The average molecular weight is 205 g/mol. The van der Waals surface area contributed by atoms with Crippen LogP contribution in [0.15, 0.2) is 30.3 Å². The van der Waals surface area contributed by atoms with Crippen molar-refractivity contribution in [2.24, 2.45) is 0 Å². The Hall–Kier alpha value is -0.820. The summed E-state index contributed by atoms with van der Waals surface area (Å²) in [4.78, 5) is 0. The molecule has 1 nitrogen and oxygen atoms in total. The average Bonchev–Trinajstić information content (AvgIpc) is 2.18. The van der Waals surface area contributed by atoms with Gasteiger partial charge in [0.15, 0.2) is 0 Å². The van der Waals surface area contributed by atoms with Crippen LogP contribution in [0.5, 0.6) is 0 Å². The zero-order valence-electron chi connectivity index (χ0n) is 10.5. The number of nitrogens with one attached hydrogen (secondary N) is 1. The maximum Gasteiger partial charge on any atom is 0.0133 e. The Morgan fingerprint density at radius 3 is 2.00 bits per heavy atom. The summed E-state index contributed by atoms with van der Waals surface area (Å²) < 4.78 is 0. The number of benzene rings is 1. The fraction of sp³-hybridized carbons (Fsp3) is 0.571. The number of hydrogen-bond donors (Lipinski definition) is 1. The first-order valence-electron chi connectivity index (χ1n) is 5.76. The summed E-state index contributed by atoms with van der Waals surface area (Å²) in [5.41, 5.74) is 1.57. The molecule has 1 atom stereocenters. The molecule has 1 aromatic rings. The maximum atomic E-state index is 3.58. The molecular formula is C14H23N. The Kier molecular flexibility index (Phi) is 3.92. The van der Waals surface area contributed by atoms with Crippen molar-refractivity contribution < 1.29 is 0 Å². The molecule has 0 bridgehead atoms. The molecule has 0 spiro atoms. The molecule has 15 heavy (non-hydrogen) atoms. The zero-order chi connectivity index (χ0) is 11.5. The highest BCUT2D eigenvalue weighted by Crippen LogP contribution is 2.26. The third kappa shape index (κ3) is 3.07. The van der Waals surface area contributed by atoms with Crippen LogP contribution in [0.2, 0.25) is 0 Å². The fourth-order valence-corrected chi connectivity index (χ4v) is 1.83. The molecule has 0 amide bonds. The van der Waals surface area contributed by atoms with Gasteiger partial charge in [0, 0.05) is 17.5 Å². The minimum Gasteiger partial charge on any atom is -0.311 e. The van der Waals surface area contributed by atoms with E-state index in [1.54, 1.807) is 0 Å². The molecule has 0 aliphatic rings. The van der Waals surface area contributed by atoms with Gasteiger partial charge in [-0.1, -0.05) is 58.0 Å². The first-order chi connectivity index (χ1) is 6.94. The molecule has 1 rings (SSSR count). The van der Waals surface area contributed by atoms with E-state index in [1.165, 1.54) is 5.56 Å². The lowest BCUT2D eigenvalue weighted by molar-refractivity contribution is 0.340. The molecule has 0 saturated carbocycles. The van der Waals surface area contributed by atoms with Gasteiger partial charge in [0.1, 0.15) is 0 Å². The van der Waals surface area contributed by atoms with Gasteiger partial charge in [-0.15, -0.1) is 0 Å². The Bertz CT molecular complexity index is 287. The second-order valence-corrected chi connectivity index (χ2v) is 5.13. The van der Waals surface area contributed by atoms with E-state index in [-0.39, 0.29) is 5.41 Å². The highest BCUT2D eigenvalue weighted by Gasteiger charge is 2.27. The molecule has 1 unspecified atom stereocenters. The molecule has 0 aliphatic heterocycles. The predicted molar refractivity (Wildman–Crippen MR) is 67.2 cm³/mol. The molecule has 0 saturated heterocycles. The Morgan fingerprint density at radius 2 is 1.53 bits per heavy atom. The van der Waals surface area contributed by atoms with Crippen molar-refractivity contribution in [2.75, 3.05) is 0 Å². The van der Waals surface area contributed by atoms with Gasteiger partial charge < -0.3 is 5.32 Å². The first kappa shape index (κ1) is 12.3. The molecule has 84 valence electrons. The van der Waals surface area contributed by atoms with E-state index in [0.29, 0.717) is 12.1 Å². The topological polar surface area (TPSA) is 12.0 Å². The van der Waals surface area contributed by atoms with Crippen molar-refractivity contribution in [3.05, 3.63) is 35.9 Å². The van der Waals surface area contributed by atoms with E-state index in [1.807, 2.05) is 0 Å².